The van der Waals surface area contributed by atoms with Gasteiger partial charge in [0.15, 0.2) is 0 Å². The lowest BCUT2D eigenvalue weighted by Crippen LogP contribution is -1.86. The number of benzene rings is 1. The zero-order chi connectivity index (χ0) is 5.98. The second kappa shape index (κ2) is 1.78. The third-order valence-corrected chi connectivity index (χ3v) is 0.923. The van der Waals surface area contributed by atoms with Crippen LogP contribution in [-0.2, 0) is 0 Å². The van der Waals surface area contributed by atoms with Crippen LogP contribution in [0.3, 0.4) is 0 Å². The third kappa shape index (κ3) is 0.936. The van der Waals surface area contributed by atoms with Crippen molar-refractivity contribution in [3.8, 4) is 5.75 Å². The van der Waals surface area contributed by atoms with Gasteiger partial charge in [-0.25, -0.2) is 0 Å². The number of rotatable bonds is 0. The summed E-state index contributed by atoms with van der Waals surface area (Å²) in [5.41, 5.74) is 0.879. The van der Waals surface area contributed by atoms with Crippen LogP contribution < -0.4 is 5.11 Å². The van der Waals surface area contributed by atoms with Gasteiger partial charge in [0.05, 0.1) is 0 Å². The lowest BCUT2D eigenvalue weighted by atomic mass is 10.2. The van der Waals surface area contributed by atoms with Gasteiger partial charge in [0.25, 0.3) is 0 Å². The highest BCUT2D eigenvalue weighted by Gasteiger charge is 1.66. The monoisotopic (exact) mass is 106 g/mol. The highest BCUT2D eigenvalue weighted by Crippen LogP contribution is 2.03. The first-order valence-electron chi connectivity index (χ1n) is 2.38. The van der Waals surface area contributed by atoms with E-state index in [9.17, 15) is 5.11 Å². The molecule has 0 aliphatic heterocycles. The molecular weight excluding hydrogens is 100 g/mol. The Kier molecular flexibility index (Phi) is 1.12. The summed E-state index contributed by atoms with van der Waals surface area (Å²) in [7, 11) is 0. The largest absolute Gasteiger partial charge is 0.874 e. The zero-order valence-corrected chi connectivity index (χ0v) is 4.42. The first-order chi connectivity index (χ1) is 3.79. The molecular formula is C7H6O-2. The van der Waals surface area contributed by atoms with Crippen molar-refractivity contribution in [2.24, 2.45) is 0 Å². The van der Waals surface area contributed by atoms with Crippen molar-refractivity contribution in [1.29, 1.82) is 0 Å². The summed E-state index contributed by atoms with van der Waals surface area (Å²) in [6.07, 6.45) is 0. The van der Waals surface area contributed by atoms with Gasteiger partial charge in [0, 0.05) is 0 Å². The highest BCUT2D eigenvalue weighted by atomic mass is 16.3. The molecule has 0 saturated heterocycles. The standard InChI is InChI=1S/C7H7O/c1-6-2-4-7(8)5-3-6/h2-5,8H,1H2/q-1/p-1. The Morgan fingerprint density at radius 1 is 1.12 bits per heavy atom. The van der Waals surface area contributed by atoms with Crippen LogP contribution in [0.15, 0.2) is 24.3 Å². The highest BCUT2D eigenvalue weighted by molar-refractivity contribution is 5.26. The Morgan fingerprint density at radius 2 is 1.62 bits per heavy atom. The predicted molar refractivity (Wildman–Crippen MR) is 30.3 cm³/mol. The minimum absolute atomic E-state index is 0.0393. The summed E-state index contributed by atoms with van der Waals surface area (Å²) in [6.45, 7) is 3.62. The molecule has 1 nitrogen and oxygen atoms in total. The van der Waals surface area contributed by atoms with E-state index in [1.165, 1.54) is 12.1 Å². The van der Waals surface area contributed by atoms with E-state index in [0.717, 1.165) is 5.56 Å². The minimum Gasteiger partial charge on any atom is -0.874 e. The van der Waals surface area contributed by atoms with E-state index in [4.69, 9.17) is 0 Å². The first kappa shape index (κ1) is 5.04. The fraction of sp³-hybridized carbons (Fsp3) is 0. The summed E-state index contributed by atoms with van der Waals surface area (Å²) in [5.74, 6) is 0.0393. The van der Waals surface area contributed by atoms with Crippen LogP contribution in [0.4, 0.5) is 0 Å². The topological polar surface area (TPSA) is 23.1 Å². The van der Waals surface area contributed by atoms with Crippen LogP contribution >= 0.6 is 0 Å². The molecule has 0 atom stereocenters. The molecule has 0 aromatic heterocycles. The zero-order valence-electron chi connectivity index (χ0n) is 4.42. The van der Waals surface area contributed by atoms with Gasteiger partial charge in [0.2, 0.25) is 0 Å². The van der Waals surface area contributed by atoms with Gasteiger partial charge in [-0.15, -0.1) is 17.9 Å². The number of hydrogen-bond acceptors (Lipinski definition) is 1. The Bertz CT molecular complexity index is 143. The van der Waals surface area contributed by atoms with Crippen molar-refractivity contribution in [1.82, 2.24) is 0 Å². The molecule has 0 radical (unpaired) electrons. The summed E-state index contributed by atoms with van der Waals surface area (Å²) < 4.78 is 0. The lowest BCUT2D eigenvalue weighted by Gasteiger charge is -2.07. The maximum atomic E-state index is 10.4. The Labute approximate surface area is 48.6 Å². The van der Waals surface area contributed by atoms with Gasteiger partial charge in [0.1, 0.15) is 0 Å². The molecule has 0 aliphatic rings. The summed E-state index contributed by atoms with van der Waals surface area (Å²) in [4.78, 5) is 0. The molecule has 1 heteroatoms. The van der Waals surface area contributed by atoms with Crippen LogP contribution in [0.5, 0.6) is 5.75 Å². The maximum Gasteiger partial charge on any atom is -0.127 e. The molecule has 0 heterocycles. The van der Waals surface area contributed by atoms with Crippen molar-refractivity contribution in [3.63, 3.8) is 0 Å². The molecule has 0 spiro atoms. The van der Waals surface area contributed by atoms with E-state index >= 15 is 0 Å². The molecule has 0 fully saturated rings. The first-order valence-corrected chi connectivity index (χ1v) is 2.38. The van der Waals surface area contributed by atoms with Crippen molar-refractivity contribution in [2.45, 2.75) is 0 Å². The smallest absolute Gasteiger partial charge is 0.127 e. The molecule has 0 aliphatic carbocycles. The van der Waals surface area contributed by atoms with Crippen molar-refractivity contribution in [2.75, 3.05) is 0 Å². The molecule has 0 bridgehead atoms. The summed E-state index contributed by atoms with van der Waals surface area (Å²) >= 11 is 0. The molecule has 42 valence electrons. The van der Waals surface area contributed by atoms with E-state index in [1.807, 2.05) is 0 Å². The third-order valence-electron chi connectivity index (χ3n) is 0.923. The van der Waals surface area contributed by atoms with E-state index < -0.39 is 0 Å². The summed E-state index contributed by atoms with van der Waals surface area (Å²) in [5, 5.41) is 10.4. The fourth-order valence-electron chi connectivity index (χ4n) is 0.489. The van der Waals surface area contributed by atoms with Crippen molar-refractivity contribution < 1.29 is 5.11 Å². The molecule has 0 unspecified atom stereocenters. The quantitative estimate of drug-likeness (QED) is 0.451. The Morgan fingerprint density at radius 3 is 2.00 bits per heavy atom. The van der Waals surface area contributed by atoms with E-state index in [-0.39, 0.29) is 5.75 Å². The molecule has 1 rings (SSSR count). The molecule has 8 heavy (non-hydrogen) atoms. The Balaban J connectivity index is 3.03. The van der Waals surface area contributed by atoms with Crippen LogP contribution in [0.2, 0.25) is 0 Å². The average Bonchev–Trinajstić information content (AvgIpc) is 1.77. The second-order valence-corrected chi connectivity index (χ2v) is 1.64. The maximum absolute atomic E-state index is 10.4. The average molecular weight is 106 g/mol. The number of hydrogen-bond donors (Lipinski definition) is 0. The lowest BCUT2D eigenvalue weighted by molar-refractivity contribution is -0.268. The van der Waals surface area contributed by atoms with Gasteiger partial charge >= 0.3 is 0 Å². The van der Waals surface area contributed by atoms with E-state index in [2.05, 4.69) is 6.92 Å². The van der Waals surface area contributed by atoms with Gasteiger partial charge in [-0.05, 0) is 0 Å². The second-order valence-electron chi connectivity index (χ2n) is 1.64. The van der Waals surface area contributed by atoms with Gasteiger partial charge in [-0.2, -0.15) is 24.6 Å². The Hall–Kier alpha value is -1.11. The molecule has 0 amide bonds. The normalized spacial score (nSPS) is 9.00. The van der Waals surface area contributed by atoms with Crippen molar-refractivity contribution >= 4 is 0 Å². The van der Waals surface area contributed by atoms with E-state index in [1.54, 1.807) is 12.1 Å². The van der Waals surface area contributed by atoms with Crippen LogP contribution in [0.1, 0.15) is 5.56 Å². The van der Waals surface area contributed by atoms with Crippen LogP contribution in [0.25, 0.3) is 0 Å². The van der Waals surface area contributed by atoms with Crippen LogP contribution in [-0.4, -0.2) is 0 Å². The van der Waals surface area contributed by atoms with Gasteiger partial charge in [-0.1, -0.05) is 0 Å². The van der Waals surface area contributed by atoms with Crippen molar-refractivity contribution in [3.05, 3.63) is 36.8 Å². The van der Waals surface area contributed by atoms with Gasteiger partial charge < -0.3 is 5.11 Å². The predicted octanol–water partition coefficient (Wildman–Crippen LogP) is 0.942. The fourth-order valence-corrected chi connectivity index (χ4v) is 0.489. The van der Waals surface area contributed by atoms with Crippen LogP contribution in [0, 0.1) is 6.92 Å². The molecule has 0 N–H and O–H groups in total. The molecule has 1 aromatic rings. The molecule has 1 aromatic carbocycles. The van der Waals surface area contributed by atoms with Gasteiger partial charge in [-0.3, -0.25) is 0 Å². The SMILES string of the molecule is [CH2-]c1ccc([O-])cc1. The molecule has 0 saturated carbocycles. The van der Waals surface area contributed by atoms with E-state index in [0.29, 0.717) is 0 Å². The summed E-state index contributed by atoms with van der Waals surface area (Å²) in [6, 6.07) is 6.40. The minimum atomic E-state index is 0.0393.